The lowest BCUT2D eigenvalue weighted by Gasteiger charge is -2.11. The largest absolute Gasteiger partial charge is 0.497 e. The Morgan fingerprint density at radius 1 is 1.16 bits per heavy atom. The van der Waals surface area contributed by atoms with E-state index in [1.807, 2.05) is 24.3 Å². The highest BCUT2D eigenvalue weighted by Gasteiger charge is 2.25. The Bertz CT molecular complexity index is 1110. The molecule has 0 saturated carbocycles. The summed E-state index contributed by atoms with van der Waals surface area (Å²) in [6.45, 7) is 0.614. The van der Waals surface area contributed by atoms with Crippen LogP contribution >= 0.6 is 34.4 Å². The van der Waals surface area contributed by atoms with Crippen LogP contribution in [0.1, 0.15) is 39.2 Å². The molecule has 2 heterocycles. The third-order valence-corrected chi connectivity index (χ3v) is 8.23. The third-order valence-electron chi connectivity index (χ3n) is 5.01. The monoisotopic (exact) mass is 489 g/mol. The van der Waals surface area contributed by atoms with E-state index >= 15 is 0 Å². The van der Waals surface area contributed by atoms with E-state index in [9.17, 15) is 9.59 Å². The van der Waals surface area contributed by atoms with Gasteiger partial charge in [0.25, 0.3) is 5.91 Å². The number of carbonyl (C=O) groups excluding carboxylic acids is 2. The predicted molar refractivity (Wildman–Crippen MR) is 129 cm³/mol. The number of anilines is 2. The highest BCUT2D eigenvalue weighted by Crippen LogP contribution is 2.38. The van der Waals surface area contributed by atoms with E-state index in [1.165, 1.54) is 34.4 Å². The van der Waals surface area contributed by atoms with Crippen LogP contribution in [0.2, 0.25) is 0 Å². The minimum absolute atomic E-state index is 0.174. The van der Waals surface area contributed by atoms with Crippen molar-refractivity contribution in [2.45, 2.75) is 36.6 Å². The standard InChI is InChI=1S/C21H23N5O3S3/c1-29-13-8-6-12(7-9-13)10-23-20-25-26-21(32-20)30-11-16(27)24-19-17(18(22)28)14-4-2-3-5-15(14)31-19/h6-9H,2-5,10-11H2,1H3,(H2,22,28)(H,23,25)(H,24,27). The van der Waals surface area contributed by atoms with Gasteiger partial charge < -0.3 is 21.1 Å². The molecule has 168 valence electrons. The fourth-order valence-corrected chi connectivity index (χ4v) is 6.32. The van der Waals surface area contributed by atoms with Crippen LogP contribution in [-0.4, -0.2) is 34.9 Å². The maximum Gasteiger partial charge on any atom is 0.251 e. The second-order valence-electron chi connectivity index (χ2n) is 7.19. The van der Waals surface area contributed by atoms with Crippen molar-refractivity contribution in [3.63, 3.8) is 0 Å². The van der Waals surface area contributed by atoms with Crippen molar-refractivity contribution >= 4 is 56.4 Å². The first-order valence-corrected chi connectivity index (χ1v) is 12.7. The van der Waals surface area contributed by atoms with Crippen LogP contribution in [0, 0.1) is 0 Å². The van der Waals surface area contributed by atoms with Crippen molar-refractivity contribution in [3.8, 4) is 5.75 Å². The van der Waals surface area contributed by atoms with Gasteiger partial charge in [0.2, 0.25) is 11.0 Å². The minimum atomic E-state index is -0.482. The Balaban J connectivity index is 1.30. The molecular weight excluding hydrogens is 466 g/mol. The van der Waals surface area contributed by atoms with Crippen molar-refractivity contribution in [2.24, 2.45) is 5.73 Å². The zero-order chi connectivity index (χ0) is 22.5. The van der Waals surface area contributed by atoms with Crippen molar-refractivity contribution in [1.82, 2.24) is 10.2 Å². The Hall–Kier alpha value is -2.63. The summed E-state index contributed by atoms with van der Waals surface area (Å²) in [6.07, 6.45) is 3.91. The maximum absolute atomic E-state index is 12.5. The molecule has 1 aliphatic rings. The normalized spacial score (nSPS) is 12.8. The number of fused-ring (bicyclic) bond motifs is 1. The first-order chi connectivity index (χ1) is 15.5. The molecular formula is C21H23N5O3S3. The molecule has 4 N–H and O–H groups in total. The van der Waals surface area contributed by atoms with Gasteiger partial charge in [-0.3, -0.25) is 9.59 Å². The summed E-state index contributed by atoms with van der Waals surface area (Å²) >= 11 is 4.17. The lowest BCUT2D eigenvalue weighted by atomic mass is 9.95. The van der Waals surface area contributed by atoms with E-state index in [2.05, 4.69) is 20.8 Å². The number of nitrogens with one attached hydrogen (secondary N) is 2. The number of nitrogens with zero attached hydrogens (tertiary/aromatic N) is 2. The van der Waals surface area contributed by atoms with E-state index in [1.54, 1.807) is 7.11 Å². The average molecular weight is 490 g/mol. The number of rotatable bonds is 9. The topological polar surface area (TPSA) is 119 Å². The molecule has 2 aromatic heterocycles. The van der Waals surface area contributed by atoms with Gasteiger partial charge in [0.05, 0.1) is 18.4 Å². The van der Waals surface area contributed by atoms with Crippen molar-refractivity contribution in [3.05, 3.63) is 45.8 Å². The molecule has 0 saturated heterocycles. The Morgan fingerprint density at radius 2 is 1.94 bits per heavy atom. The number of thiophene rings is 1. The van der Waals surface area contributed by atoms with Gasteiger partial charge in [-0.2, -0.15) is 0 Å². The molecule has 0 fully saturated rings. The number of methoxy groups -OCH3 is 1. The van der Waals surface area contributed by atoms with E-state index in [-0.39, 0.29) is 11.7 Å². The first kappa shape index (κ1) is 22.6. The van der Waals surface area contributed by atoms with Crippen molar-refractivity contribution in [2.75, 3.05) is 23.5 Å². The molecule has 1 aliphatic carbocycles. The van der Waals surface area contributed by atoms with Crippen LogP contribution in [0.25, 0.3) is 0 Å². The molecule has 8 nitrogen and oxygen atoms in total. The van der Waals surface area contributed by atoms with Crippen LogP contribution in [0.3, 0.4) is 0 Å². The third kappa shape index (κ3) is 5.40. The predicted octanol–water partition coefficient (Wildman–Crippen LogP) is 3.93. The zero-order valence-corrected chi connectivity index (χ0v) is 19.9. The summed E-state index contributed by atoms with van der Waals surface area (Å²) in [7, 11) is 1.64. The highest BCUT2D eigenvalue weighted by molar-refractivity contribution is 8.01. The summed E-state index contributed by atoms with van der Waals surface area (Å²) in [4.78, 5) is 25.6. The van der Waals surface area contributed by atoms with Crippen molar-refractivity contribution < 1.29 is 14.3 Å². The summed E-state index contributed by atoms with van der Waals surface area (Å²) in [5.41, 5.74) is 8.17. The lowest BCUT2D eigenvalue weighted by Crippen LogP contribution is -2.19. The van der Waals surface area contributed by atoms with Crippen molar-refractivity contribution in [1.29, 1.82) is 0 Å². The number of carbonyl (C=O) groups is 2. The molecule has 0 atom stereocenters. The van der Waals surface area contributed by atoms with Crippen LogP contribution < -0.4 is 21.1 Å². The van der Waals surface area contributed by atoms with E-state index < -0.39 is 5.91 Å². The van der Waals surface area contributed by atoms with E-state index in [4.69, 9.17) is 10.5 Å². The van der Waals surface area contributed by atoms with Crippen LogP contribution in [0.4, 0.5) is 10.1 Å². The number of nitrogens with two attached hydrogens (primary N) is 1. The lowest BCUT2D eigenvalue weighted by molar-refractivity contribution is -0.113. The second-order valence-corrected chi connectivity index (χ2v) is 10.5. The molecule has 0 radical (unpaired) electrons. The Kier molecular flexibility index (Phi) is 7.28. The van der Waals surface area contributed by atoms with Gasteiger partial charge >= 0.3 is 0 Å². The summed E-state index contributed by atoms with van der Waals surface area (Å²) < 4.78 is 5.85. The maximum atomic E-state index is 12.5. The molecule has 32 heavy (non-hydrogen) atoms. The minimum Gasteiger partial charge on any atom is -0.497 e. The number of hydrogen-bond acceptors (Lipinski definition) is 9. The average Bonchev–Trinajstić information content (AvgIpc) is 3.40. The number of aromatic nitrogens is 2. The number of amides is 2. The smallest absolute Gasteiger partial charge is 0.251 e. The first-order valence-electron chi connectivity index (χ1n) is 10.1. The van der Waals surface area contributed by atoms with Crippen LogP contribution in [0.5, 0.6) is 5.75 Å². The van der Waals surface area contributed by atoms with Gasteiger partial charge in [0.15, 0.2) is 4.34 Å². The summed E-state index contributed by atoms with van der Waals surface area (Å²) in [6, 6.07) is 7.78. The second kappa shape index (κ2) is 10.3. The molecule has 11 heteroatoms. The van der Waals surface area contributed by atoms with E-state index in [0.29, 0.717) is 26.6 Å². The Labute approximate surface area is 198 Å². The number of primary amides is 1. The number of aryl methyl sites for hydroxylation is 1. The van der Waals surface area contributed by atoms with Gasteiger partial charge in [-0.05, 0) is 48.9 Å². The molecule has 0 aliphatic heterocycles. The summed E-state index contributed by atoms with van der Waals surface area (Å²) in [5.74, 6) is 0.309. The quantitative estimate of drug-likeness (QED) is 0.390. The molecule has 3 aromatic rings. The Morgan fingerprint density at radius 3 is 2.69 bits per heavy atom. The SMILES string of the molecule is COc1ccc(CNc2nnc(SCC(=O)Nc3sc4c(c3C(N)=O)CCCC4)s2)cc1. The fourth-order valence-electron chi connectivity index (χ4n) is 3.47. The summed E-state index contributed by atoms with van der Waals surface area (Å²) in [5, 5.41) is 15.6. The molecule has 1 aromatic carbocycles. The van der Waals surface area contributed by atoms with Gasteiger partial charge in [-0.15, -0.1) is 21.5 Å². The molecule has 2 amide bonds. The fraction of sp³-hybridized carbons (Fsp3) is 0.333. The number of hydrogen-bond donors (Lipinski definition) is 3. The van der Waals surface area contributed by atoms with Gasteiger partial charge in [-0.1, -0.05) is 35.2 Å². The molecule has 4 rings (SSSR count). The number of thioether (sulfide) groups is 1. The van der Waals surface area contributed by atoms with Crippen LogP contribution in [0.15, 0.2) is 28.6 Å². The highest BCUT2D eigenvalue weighted by atomic mass is 32.2. The van der Waals surface area contributed by atoms with Crippen LogP contribution in [-0.2, 0) is 24.2 Å². The molecule has 0 unspecified atom stereocenters. The molecule has 0 bridgehead atoms. The zero-order valence-electron chi connectivity index (χ0n) is 17.5. The van der Waals surface area contributed by atoms with Gasteiger partial charge in [0.1, 0.15) is 10.8 Å². The number of ether oxygens (including phenoxy) is 1. The number of benzene rings is 1. The van der Waals surface area contributed by atoms with Gasteiger partial charge in [0, 0.05) is 11.4 Å². The molecule has 0 spiro atoms. The van der Waals surface area contributed by atoms with Gasteiger partial charge in [-0.25, -0.2) is 0 Å². The van der Waals surface area contributed by atoms with E-state index in [0.717, 1.165) is 47.4 Å².